The van der Waals surface area contributed by atoms with Gasteiger partial charge in [-0.05, 0) is 43.3 Å². The van der Waals surface area contributed by atoms with Gasteiger partial charge in [-0.2, -0.15) is 0 Å². The summed E-state index contributed by atoms with van der Waals surface area (Å²) in [4.78, 5) is 31.2. The smallest absolute Gasteiger partial charge is 0.238 e. The minimum atomic E-state index is -0.579. The summed E-state index contributed by atoms with van der Waals surface area (Å²) in [6.45, 7) is 2.51. The van der Waals surface area contributed by atoms with E-state index in [1.54, 1.807) is 26.3 Å². The van der Waals surface area contributed by atoms with Gasteiger partial charge < -0.3 is 14.8 Å². The van der Waals surface area contributed by atoms with E-state index in [4.69, 9.17) is 9.47 Å². The molecule has 1 atom stereocenters. The van der Waals surface area contributed by atoms with Gasteiger partial charge >= 0.3 is 0 Å². The molecule has 0 unspecified atom stereocenters. The molecule has 1 aliphatic heterocycles. The van der Waals surface area contributed by atoms with Crippen LogP contribution < -0.4 is 14.8 Å². The average Bonchev–Trinajstić information content (AvgIpc) is 2.73. The predicted octanol–water partition coefficient (Wildman–Crippen LogP) is 3.68. The number of amidine groups is 1. The van der Waals surface area contributed by atoms with Crippen molar-refractivity contribution in [3.8, 4) is 11.5 Å². The summed E-state index contributed by atoms with van der Waals surface area (Å²) in [5.41, 5.74) is 1.25. The zero-order valence-electron chi connectivity index (χ0n) is 16.5. The quantitative estimate of drug-likeness (QED) is 0.781. The number of amides is 2. The maximum Gasteiger partial charge on any atom is 0.238 e. The third-order valence-electron chi connectivity index (χ3n) is 4.30. The van der Waals surface area contributed by atoms with Crippen molar-refractivity contribution in [1.82, 2.24) is 4.90 Å². The zero-order chi connectivity index (χ0) is 20.8. The molecule has 1 N–H and O–H groups in total. The molecule has 0 bridgehead atoms. The van der Waals surface area contributed by atoms with Gasteiger partial charge in [-0.15, -0.1) is 0 Å². The number of hydrogen-bond acceptors (Lipinski definition) is 6. The summed E-state index contributed by atoms with van der Waals surface area (Å²) in [7, 11) is 3.21. The highest BCUT2D eigenvalue weighted by Gasteiger charge is 2.34. The van der Waals surface area contributed by atoms with E-state index < -0.39 is 5.25 Å². The molecule has 0 spiro atoms. The zero-order valence-corrected chi connectivity index (χ0v) is 17.4. The number of anilines is 1. The Morgan fingerprint density at radius 2 is 1.97 bits per heavy atom. The summed E-state index contributed by atoms with van der Waals surface area (Å²) >= 11 is 1.26. The number of carbonyl (C=O) groups is 2. The fourth-order valence-electron chi connectivity index (χ4n) is 2.75. The molecule has 0 aliphatic carbocycles. The topological polar surface area (TPSA) is 80.2 Å². The first-order valence-electron chi connectivity index (χ1n) is 9.20. The lowest BCUT2D eigenvalue weighted by Gasteiger charge is -2.29. The van der Waals surface area contributed by atoms with Crippen molar-refractivity contribution < 1.29 is 19.1 Å². The lowest BCUT2D eigenvalue weighted by molar-refractivity contribution is -0.128. The number of nitrogens with one attached hydrogen (secondary N) is 1. The summed E-state index contributed by atoms with van der Waals surface area (Å²) in [5.74, 6) is 0.897. The van der Waals surface area contributed by atoms with Crippen molar-refractivity contribution in [3.63, 3.8) is 0 Å². The van der Waals surface area contributed by atoms with Crippen molar-refractivity contribution in [2.45, 2.75) is 18.6 Å². The summed E-state index contributed by atoms with van der Waals surface area (Å²) in [6, 6.07) is 14.4. The monoisotopic (exact) mass is 413 g/mol. The lowest BCUT2D eigenvalue weighted by atomic mass is 10.2. The van der Waals surface area contributed by atoms with E-state index in [9.17, 15) is 9.59 Å². The molecule has 7 nitrogen and oxygen atoms in total. The van der Waals surface area contributed by atoms with Crippen LogP contribution in [0, 0.1) is 0 Å². The van der Waals surface area contributed by atoms with E-state index in [1.165, 1.54) is 16.7 Å². The van der Waals surface area contributed by atoms with Gasteiger partial charge in [0.05, 0.1) is 25.1 Å². The first-order chi connectivity index (χ1) is 14.0. The Balaban J connectivity index is 1.76. The van der Waals surface area contributed by atoms with Crippen LogP contribution in [0.3, 0.4) is 0 Å². The van der Waals surface area contributed by atoms with Crippen LogP contribution in [0.5, 0.6) is 11.5 Å². The first-order valence-corrected chi connectivity index (χ1v) is 10.1. The first kappa shape index (κ1) is 20.7. The number of aliphatic imine (C=N–C) groups is 1. The molecular formula is C21H23N3O4S. The number of rotatable bonds is 6. The van der Waals surface area contributed by atoms with Crippen LogP contribution in [0.2, 0.25) is 0 Å². The summed E-state index contributed by atoms with van der Waals surface area (Å²) < 4.78 is 10.7. The van der Waals surface area contributed by atoms with Crippen molar-refractivity contribution in [2.75, 3.05) is 26.1 Å². The van der Waals surface area contributed by atoms with E-state index in [1.807, 2.05) is 43.3 Å². The number of methoxy groups -OCH3 is 1. The second-order valence-electron chi connectivity index (χ2n) is 6.27. The molecule has 3 rings (SSSR count). The molecule has 1 saturated heterocycles. The Bertz CT molecular complexity index is 914. The van der Waals surface area contributed by atoms with Gasteiger partial charge in [-0.25, -0.2) is 4.99 Å². The number of nitrogens with zero attached hydrogens (tertiary/aromatic N) is 2. The fourth-order valence-corrected chi connectivity index (χ4v) is 3.82. The highest BCUT2D eigenvalue weighted by molar-refractivity contribution is 8.15. The predicted molar refractivity (Wildman–Crippen MR) is 115 cm³/mol. The van der Waals surface area contributed by atoms with Gasteiger partial charge in [0.15, 0.2) is 5.17 Å². The molecule has 0 saturated carbocycles. The van der Waals surface area contributed by atoms with Crippen molar-refractivity contribution in [1.29, 1.82) is 0 Å². The van der Waals surface area contributed by atoms with Crippen LogP contribution >= 0.6 is 11.8 Å². The van der Waals surface area contributed by atoms with E-state index >= 15 is 0 Å². The third-order valence-corrected chi connectivity index (χ3v) is 5.54. The molecule has 8 heteroatoms. The van der Waals surface area contributed by atoms with Crippen LogP contribution in [0.15, 0.2) is 53.5 Å². The van der Waals surface area contributed by atoms with Gasteiger partial charge in [0.1, 0.15) is 16.7 Å². The Labute approximate surface area is 174 Å². The van der Waals surface area contributed by atoms with Gasteiger partial charge in [0.25, 0.3) is 0 Å². The number of benzene rings is 2. The maximum atomic E-state index is 12.8. The number of para-hydroxylation sites is 2. The molecule has 152 valence electrons. The van der Waals surface area contributed by atoms with Crippen LogP contribution in [-0.4, -0.2) is 47.9 Å². The SMILES string of the molecule is CCOc1ccc(N=C2S[C@H](C(=O)Nc3ccccc3OC)CC(=O)N2C)cc1. The molecule has 1 fully saturated rings. The Morgan fingerprint density at radius 1 is 1.24 bits per heavy atom. The lowest BCUT2D eigenvalue weighted by Crippen LogP contribution is -2.43. The third kappa shape index (κ3) is 5.08. The Hall–Kier alpha value is -3.00. The van der Waals surface area contributed by atoms with Gasteiger partial charge in [-0.1, -0.05) is 23.9 Å². The number of hydrogen-bond donors (Lipinski definition) is 1. The van der Waals surface area contributed by atoms with Crippen molar-refractivity contribution in [2.24, 2.45) is 4.99 Å². The van der Waals surface area contributed by atoms with Crippen LogP contribution in [0.25, 0.3) is 0 Å². The van der Waals surface area contributed by atoms with Gasteiger partial charge in [0, 0.05) is 13.5 Å². The van der Waals surface area contributed by atoms with E-state index in [0.29, 0.717) is 28.9 Å². The summed E-state index contributed by atoms with van der Waals surface area (Å²) in [6.07, 6.45) is 0.102. The standard InChI is InChI=1S/C21H23N3O4S/c1-4-28-15-11-9-14(10-12-15)22-21-24(2)19(25)13-18(29-21)20(26)23-16-7-5-6-8-17(16)27-3/h5-12,18H,4,13H2,1-3H3,(H,23,26)/t18-/m0/s1. The van der Waals surface area contributed by atoms with Crippen molar-refractivity contribution in [3.05, 3.63) is 48.5 Å². The van der Waals surface area contributed by atoms with Crippen LogP contribution in [0.4, 0.5) is 11.4 Å². The molecule has 0 aromatic heterocycles. The Kier molecular flexibility index (Phi) is 6.77. The average molecular weight is 413 g/mol. The number of thioether (sulfide) groups is 1. The normalized spacial score (nSPS) is 17.9. The van der Waals surface area contributed by atoms with Gasteiger partial charge in [0.2, 0.25) is 11.8 Å². The van der Waals surface area contributed by atoms with E-state index in [-0.39, 0.29) is 18.2 Å². The highest BCUT2D eigenvalue weighted by atomic mass is 32.2. The molecule has 1 aliphatic rings. The second-order valence-corrected chi connectivity index (χ2v) is 7.44. The van der Waals surface area contributed by atoms with Crippen LogP contribution in [0.1, 0.15) is 13.3 Å². The van der Waals surface area contributed by atoms with Crippen LogP contribution in [-0.2, 0) is 9.59 Å². The molecule has 1 heterocycles. The summed E-state index contributed by atoms with van der Waals surface area (Å²) in [5, 5.41) is 2.74. The second kappa shape index (κ2) is 9.47. The fraction of sp³-hybridized carbons (Fsp3) is 0.286. The Morgan fingerprint density at radius 3 is 2.66 bits per heavy atom. The minimum Gasteiger partial charge on any atom is -0.495 e. The molecule has 2 aromatic carbocycles. The number of ether oxygens (including phenoxy) is 2. The molecule has 0 radical (unpaired) electrons. The minimum absolute atomic E-state index is 0.102. The molecule has 29 heavy (non-hydrogen) atoms. The highest BCUT2D eigenvalue weighted by Crippen LogP contribution is 2.31. The molecule has 2 aromatic rings. The van der Waals surface area contributed by atoms with Gasteiger partial charge in [-0.3, -0.25) is 14.5 Å². The molecular weight excluding hydrogens is 390 g/mol. The van der Waals surface area contributed by atoms with E-state index in [0.717, 1.165) is 5.75 Å². The number of carbonyl (C=O) groups excluding carboxylic acids is 2. The maximum absolute atomic E-state index is 12.8. The molecule has 2 amide bonds. The largest absolute Gasteiger partial charge is 0.495 e. The van der Waals surface area contributed by atoms with Crippen molar-refractivity contribution >= 4 is 40.1 Å². The van der Waals surface area contributed by atoms with E-state index in [2.05, 4.69) is 10.3 Å².